The SMILES string of the molecule is CC(C)C1(C(C)C)O[Si](C)(C)CC1=[C]CCCC1OCCO1. The van der Waals surface area contributed by atoms with Gasteiger partial charge in [0.25, 0.3) is 0 Å². The third-order valence-corrected chi connectivity index (χ3v) is 6.98. The second kappa shape index (κ2) is 7.16. The van der Waals surface area contributed by atoms with Crippen LogP contribution in [-0.2, 0) is 13.9 Å². The van der Waals surface area contributed by atoms with Crippen LogP contribution in [0.4, 0.5) is 0 Å². The molecule has 2 rings (SSSR count). The van der Waals surface area contributed by atoms with Crippen LogP contribution >= 0.6 is 0 Å². The zero-order valence-electron chi connectivity index (χ0n) is 15.2. The Kier molecular flexibility index (Phi) is 5.92. The van der Waals surface area contributed by atoms with Gasteiger partial charge < -0.3 is 13.9 Å². The molecule has 127 valence electrons. The number of allylic oxidation sites excluding steroid dienone is 1. The van der Waals surface area contributed by atoms with Crippen molar-refractivity contribution in [1.29, 1.82) is 0 Å². The van der Waals surface area contributed by atoms with E-state index in [1.807, 2.05) is 0 Å². The molecule has 0 amide bonds. The van der Waals surface area contributed by atoms with E-state index in [0.717, 1.165) is 38.5 Å². The van der Waals surface area contributed by atoms with Crippen molar-refractivity contribution in [3.63, 3.8) is 0 Å². The van der Waals surface area contributed by atoms with Crippen LogP contribution in [0.15, 0.2) is 5.57 Å². The molecular formula is C18H33O3Si. The summed E-state index contributed by atoms with van der Waals surface area (Å²) >= 11 is 0. The van der Waals surface area contributed by atoms with Crippen molar-refractivity contribution >= 4 is 8.32 Å². The van der Waals surface area contributed by atoms with Gasteiger partial charge in [0.05, 0.1) is 18.8 Å². The van der Waals surface area contributed by atoms with Crippen molar-refractivity contribution < 1.29 is 13.9 Å². The Balaban J connectivity index is 2.03. The van der Waals surface area contributed by atoms with Gasteiger partial charge in [0.15, 0.2) is 14.6 Å². The molecule has 2 saturated heterocycles. The van der Waals surface area contributed by atoms with Gasteiger partial charge in [0, 0.05) is 0 Å². The predicted octanol–water partition coefficient (Wildman–Crippen LogP) is 4.55. The van der Waals surface area contributed by atoms with E-state index in [9.17, 15) is 0 Å². The third kappa shape index (κ3) is 3.84. The zero-order chi connectivity index (χ0) is 16.4. The molecule has 1 radical (unpaired) electrons. The van der Waals surface area contributed by atoms with Crippen LogP contribution < -0.4 is 0 Å². The van der Waals surface area contributed by atoms with Gasteiger partial charge in [-0.2, -0.15) is 0 Å². The summed E-state index contributed by atoms with van der Waals surface area (Å²) < 4.78 is 17.7. The van der Waals surface area contributed by atoms with Crippen LogP contribution in [0.3, 0.4) is 0 Å². The Hall–Kier alpha value is -0.163. The summed E-state index contributed by atoms with van der Waals surface area (Å²) in [5.41, 5.74) is 1.33. The molecule has 0 bridgehead atoms. The van der Waals surface area contributed by atoms with Crippen LogP contribution in [0.2, 0.25) is 19.1 Å². The van der Waals surface area contributed by atoms with Crippen molar-refractivity contribution in [3.8, 4) is 0 Å². The summed E-state index contributed by atoms with van der Waals surface area (Å²) in [4.78, 5) is 0. The molecule has 2 heterocycles. The van der Waals surface area contributed by atoms with E-state index in [-0.39, 0.29) is 11.9 Å². The average Bonchev–Trinajstić information content (AvgIpc) is 3.00. The van der Waals surface area contributed by atoms with Gasteiger partial charge in [-0.15, -0.1) is 0 Å². The van der Waals surface area contributed by atoms with Crippen molar-refractivity contribution in [2.24, 2.45) is 11.8 Å². The van der Waals surface area contributed by atoms with Crippen LogP contribution in [0.25, 0.3) is 0 Å². The van der Waals surface area contributed by atoms with Gasteiger partial charge in [-0.3, -0.25) is 0 Å². The fraction of sp³-hybridized carbons (Fsp3) is 0.889. The highest BCUT2D eigenvalue weighted by atomic mass is 28.4. The molecule has 2 fully saturated rings. The second-order valence-corrected chi connectivity index (χ2v) is 11.9. The highest BCUT2D eigenvalue weighted by Crippen LogP contribution is 2.49. The molecule has 0 aromatic rings. The third-order valence-electron chi connectivity index (χ3n) is 4.88. The molecule has 3 nitrogen and oxygen atoms in total. The number of ether oxygens (including phenoxy) is 2. The minimum atomic E-state index is -1.60. The Labute approximate surface area is 137 Å². The summed E-state index contributed by atoms with van der Waals surface area (Å²) in [6, 6.07) is 1.12. The van der Waals surface area contributed by atoms with Crippen LogP contribution in [-0.4, -0.2) is 33.4 Å². The lowest BCUT2D eigenvalue weighted by Gasteiger charge is -2.40. The molecule has 0 atom stereocenters. The second-order valence-electron chi connectivity index (χ2n) is 7.86. The largest absolute Gasteiger partial charge is 0.407 e. The van der Waals surface area contributed by atoms with Gasteiger partial charge in [0.1, 0.15) is 0 Å². The highest BCUT2D eigenvalue weighted by Gasteiger charge is 2.52. The lowest BCUT2D eigenvalue weighted by molar-refractivity contribution is -0.0475. The summed E-state index contributed by atoms with van der Waals surface area (Å²) in [5.74, 6) is 0.983. The normalized spacial score (nSPS) is 26.6. The molecule has 2 aliphatic rings. The van der Waals surface area contributed by atoms with E-state index in [2.05, 4.69) is 46.9 Å². The quantitative estimate of drug-likeness (QED) is 0.530. The summed E-state index contributed by atoms with van der Waals surface area (Å²) in [6.07, 6.45) is 6.76. The minimum absolute atomic E-state index is 0.0115. The van der Waals surface area contributed by atoms with E-state index in [1.165, 1.54) is 5.57 Å². The average molecular weight is 326 g/mol. The lowest BCUT2D eigenvalue weighted by Crippen LogP contribution is -2.44. The molecular weight excluding hydrogens is 292 g/mol. The zero-order valence-corrected chi connectivity index (χ0v) is 16.2. The predicted molar refractivity (Wildman–Crippen MR) is 92.1 cm³/mol. The maximum atomic E-state index is 6.69. The number of rotatable bonds is 6. The lowest BCUT2D eigenvalue weighted by atomic mass is 9.75. The van der Waals surface area contributed by atoms with Crippen LogP contribution in [0, 0.1) is 17.9 Å². The van der Waals surface area contributed by atoms with Gasteiger partial charge in [0.2, 0.25) is 0 Å². The highest BCUT2D eigenvalue weighted by molar-refractivity contribution is 6.72. The molecule has 0 aromatic carbocycles. The first-order valence-corrected chi connectivity index (χ1v) is 11.9. The maximum Gasteiger partial charge on any atom is 0.192 e. The maximum absolute atomic E-state index is 6.69. The Bertz CT molecular complexity index is 387. The summed E-state index contributed by atoms with van der Waals surface area (Å²) in [6.45, 7) is 15.3. The molecule has 2 aliphatic heterocycles. The molecule has 4 heteroatoms. The first kappa shape index (κ1) is 18.2. The standard InChI is InChI=1S/C18H33O3Si/c1-14(2)18(15(3)4)16(13-22(5,6)21-18)9-7-8-10-17-19-11-12-20-17/h14-15,17H,7-8,10-13H2,1-6H3. The van der Waals surface area contributed by atoms with Crippen molar-refractivity contribution in [2.45, 2.75) is 78.0 Å². The van der Waals surface area contributed by atoms with E-state index in [4.69, 9.17) is 13.9 Å². The molecule has 0 spiro atoms. The van der Waals surface area contributed by atoms with Crippen LogP contribution in [0.1, 0.15) is 47.0 Å². The van der Waals surface area contributed by atoms with Gasteiger partial charge in [-0.1, -0.05) is 27.7 Å². The van der Waals surface area contributed by atoms with E-state index in [0.29, 0.717) is 11.8 Å². The van der Waals surface area contributed by atoms with E-state index in [1.54, 1.807) is 0 Å². The van der Waals surface area contributed by atoms with Crippen molar-refractivity contribution in [2.75, 3.05) is 13.2 Å². The number of hydrogen-bond donors (Lipinski definition) is 0. The van der Waals surface area contributed by atoms with E-state index < -0.39 is 8.32 Å². The Morgan fingerprint density at radius 1 is 1.14 bits per heavy atom. The molecule has 0 aromatic heterocycles. The van der Waals surface area contributed by atoms with Crippen LogP contribution in [0.5, 0.6) is 0 Å². The summed E-state index contributed by atoms with van der Waals surface area (Å²) in [7, 11) is -1.60. The minimum Gasteiger partial charge on any atom is -0.407 e. The number of unbranched alkanes of at least 4 members (excludes halogenated alkanes) is 1. The molecule has 0 N–H and O–H groups in total. The number of hydrogen-bond acceptors (Lipinski definition) is 3. The fourth-order valence-electron chi connectivity index (χ4n) is 4.00. The summed E-state index contributed by atoms with van der Waals surface area (Å²) in [5, 5.41) is 0. The van der Waals surface area contributed by atoms with Gasteiger partial charge in [-0.05, 0) is 61.9 Å². The Morgan fingerprint density at radius 3 is 2.27 bits per heavy atom. The molecule has 0 unspecified atom stereocenters. The fourth-order valence-corrected chi connectivity index (χ4v) is 6.83. The molecule has 22 heavy (non-hydrogen) atoms. The van der Waals surface area contributed by atoms with Gasteiger partial charge in [-0.25, -0.2) is 0 Å². The first-order chi connectivity index (χ1) is 10.3. The molecule has 0 aliphatic carbocycles. The van der Waals surface area contributed by atoms with E-state index >= 15 is 0 Å². The van der Waals surface area contributed by atoms with Gasteiger partial charge >= 0.3 is 0 Å². The monoisotopic (exact) mass is 325 g/mol. The first-order valence-electron chi connectivity index (χ1n) is 8.81. The topological polar surface area (TPSA) is 27.7 Å². The van der Waals surface area contributed by atoms with Crippen molar-refractivity contribution in [1.82, 2.24) is 0 Å². The van der Waals surface area contributed by atoms with Crippen molar-refractivity contribution in [3.05, 3.63) is 11.6 Å². The Morgan fingerprint density at radius 2 is 1.73 bits per heavy atom. The molecule has 0 saturated carbocycles. The smallest absolute Gasteiger partial charge is 0.192 e.